The van der Waals surface area contributed by atoms with E-state index in [1.165, 1.54) is 0 Å². The number of carbonyl (C=O) groups is 1. The topological polar surface area (TPSA) is 40.5 Å². The van der Waals surface area contributed by atoms with E-state index in [9.17, 15) is 4.79 Å². The van der Waals surface area contributed by atoms with Crippen molar-refractivity contribution < 1.29 is 9.90 Å². The quantitative estimate of drug-likeness (QED) is 0.654. The maximum atomic E-state index is 10.7. The lowest BCUT2D eigenvalue weighted by Gasteiger charge is -2.18. The van der Waals surface area contributed by atoms with Gasteiger partial charge in [0.25, 0.3) is 0 Å². The molecule has 1 N–H and O–H groups in total. The van der Waals surface area contributed by atoms with Gasteiger partial charge in [-0.15, -0.1) is 0 Å². The van der Waals surface area contributed by atoms with E-state index in [4.69, 9.17) is 5.11 Å². The van der Waals surface area contributed by atoms with Gasteiger partial charge in [0.15, 0.2) is 0 Å². The van der Waals surface area contributed by atoms with Crippen LogP contribution in [0.25, 0.3) is 0 Å². The van der Waals surface area contributed by atoms with Crippen LogP contribution in [-0.2, 0) is 4.79 Å². The number of carboxylic acid groups (broad SMARTS) is 1. The molecule has 0 aromatic heterocycles. The fourth-order valence-electron chi connectivity index (χ4n) is 1.60. The number of nitrogens with zero attached hydrogens (tertiary/aromatic N) is 1. The maximum Gasteiger partial charge on any atom is 0.306 e. The fraction of sp³-hybridized carbons (Fsp3) is 0.909. The van der Waals surface area contributed by atoms with Gasteiger partial charge < -0.3 is 10.0 Å². The highest BCUT2D eigenvalue weighted by Crippen LogP contribution is 2.11. The van der Waals surface area contributed by atoms with Crippen molar-refractivity contribution >= 4 is 5.97 Å². The number of hydrogen-bond acceptors (Lipinski definition) is 2. The first-order chi connectivity index (χ1) is 6.65. The first kappa shape index (κ1) is 13.4. The second kappa shape index (κ2) is 7.80. The molecule has 0 spiro atoms. The summed E-state index contributed by atoms with van der Waals surface area (Å²) in [7, 11) is 0. The van der Waals surface area contributed by atoms with Crippen LogP contribution < -0.4 is 0 Å². The number of carboxylic acids is 1. The van der Waals surface area contributed by atoms with Gasteiger partial charge in [-0.05, 0) is 38.9 Å². The summed E-state index contributed by atoms with van der Waals surface area (Å²) >= 11 is 0. The van der Waals surface area contributed by atoms with Gasteiger partial charge in [0.2, 0.25) is 0 Å². The predicted molar refractivity (Wildman–Crippen MR) is 58.4 cm³/mol. The van der Waals surface area contributed by atoms with E-state index in [0.717, 1.165) is 38.9 Å². The first-order valence-corrected chi connectivity index (χ1v) is 5.60. The van der Waals surface area contributed by atoms with Crippen molar-refractivity contribution in [2.24, 2.45) is 5.92 Å². The molecule has 0 aliphatic heterocycles. The van der Waals surface area contributed by atoms with E-state index < -0.39 is 5.97 Å². The van der Waals surface area contributed by atoms with E-state index in [1.807, 2.05) is 6.92 Å². The molecule has 0 heterocycles. The molecule has 0 aromatic carbocycles. The Morgan fingerprint density at radius 3 is 2.21 bits per heavy atom. The summed E-state index contributed by atoms with van der Waals surface area (Å²) in [5, 5.41) is 8.84. The summed E-state index contributed by atoms with van der Waals surface area (Å²) in [4.78, 5) is 13.1. The molecule has 0 aliphatic rings. The average Bonchev–Trinajstić information content (AvgIpc) is 2.18. The molecule has 0 saturated carbocycles. The lowest BCUT2D eigenvalue weighted by molar-refractivity contribution is -0.142. The van der Waals surface area contributed by atoms with Gasteiger partial charge in [-0.1, -0.05) is 20.8 Å². The van der Waals surface area contributed by atoms with Gasteiger partial charge in [-0.3, -0.25) is 4.79 Å². The lowest BCUT2D eigenvalue weighted by Crippen LogP contribution is -2.25. The fourth-order valence-corrected chi connectivity index (χ4v) is 1.60. The summed E-state index contributed by atoms with van der Waals surface area (Å²) in [5.74, 6) is -0.794. The molecule has 84 valence electrons. The predicted octanol–water partition coefficient (Wildman–Crippen LogP) is 2.22. The van der Waals surface area contributed by atoms with Crippen molar-refractivity contribution in [1.82, 2.24) is 4.90 Å². The number of rotatable bonds is 8. The van der Waals surface area contributed by atoms with Crippen LogP contribution in [0.2, 0.25) is 0 Å². The Morgan fingerprint density at radius 2 is 1.86 bits per heavy atom. The Bertz CT molecular complexity index is 155. The molecule has 0 radical (unpaired) electrons. The highest BCUT2D eigenvalue weighted by molar-refractivity contribution is 5.69. The summed E-state index contributed by atoms with van der Waals surface area (Å²) in [5.41, 5.74) is 0. The second-order valence-electron chi connectivity index (χ2n) is 3.61. The van der Waals surface area contributed by atoms with Gasteiger partial charge in [-0.2, -0.15) is 0 Å². The molecule has 1 atom stereocenters. The normalized spacial score (nSPS) is 13.1. The third-order valence-electron chi connectivity index (χ3n) is 2.76. The molecule has 0 aromatic rings. The number of aliphatic carboxylic acids is 1. The minimum Gasteiger partial charge on any atom is -0.481 e. The zero-order valence-electron chi connectivity index (χ0n) is 9.62. The van der Waals surface area contributed by atoms with E-state index in [2.05, 4.69) is 18.7 Å². The maximum absolute atomic E-state index is 10.7. The third-order valence-corrected chi connectivity index (χ3v) is 2.76. The van der Waals surface area contributed by atoms with E-state index in [0.29, 0.717) is 0 Å². The molecule has 0 aliphatic carbocycles. The van der Waals surface area contributed by atoms with Crippen LogP contribution in [0.5, 0.6) is 0 Å². The van der Waals surface area contributed by atoms with Crippen LogP contribution in [0.4, 0.5) is 0 Å². The van der Waals surface area contributed by atoms with Gasteiger partial charge in [0, 0.05) is 0 Å². The molecule has 0 saturated heterocycles. The molecule has 14 heavy (non-hydrogen) atoms. The van der Waals surface area contributed by atoms with Crippen LogP contribution >= 0.6 is 0 Å². The Hall–Kier alpha value is -0.570. The van der Waals surface area contributed by atoms with Crippen molar-refractivity contribution in [1.29, 1.82) is 0 Å². The molecule has 0 bridgehead atoms. The Labute approximate surface area is 87.1 Å². The standard InChI is InChI=1S/C11H23NO2/c1-4-10(11(13)14)8-7-9-12(5-2)6-3/h10H,4-9H2,1-3H3,(H,13,14). The molecular weight excluding hydrogens is 178 g/mol. The molecule has 3 nitrogen and oxygen atoms in total. The molecular formula is C11H23NO2. The number of hydrogen-bond donors (Lipinski definition) is 1. The molecule has 1 unspecified atom stereocenters. The van der Waals surface area contributed by atoms with Gasteiger partial charge in [0.05, 0.1) is 5.92 Å². The minimum absolute atomic E-state index is 0.148. The molecule has 0 amide bonds. The van der Waals surface area contributed by atoms with Crippen molar-refractivity contribution in [3.63, 3.8) is 0 Å². The minimum atomic E-state index is -0.646. The Morgan fingerprint density at radius 1 is 1.29 bits per heavy atom. The average molecular weight is 201 g/mol. The van der Waals surface area contributed by atoms with Crippen molar-refractivity contribution in [3.8, 4) is 0 Å². The van der Waals surface area contributed by atoms with Crippen molar-refractivity contribution in [2.75, 3.05) is 19.6 Å². The van der Waals surface area contributed by atoms with Gasteiger partial charge in [-0.25, -0.2) is 0 Å². The molecule has 3 heteroatoms. The zero-order valence-corrected chi connectivity index (χ0v) is 9.62. The lowest BCUT2D eigenvalue weighted by atomic mass is 10.0. The highest BCUT2D eigenvalue weighted by atomic mass is 16.4. The molecule has 0 rings (SSSR count). The van der Waals surface area contributed by atoms with Crippen molar-refractivity contribution in [3.05, 3.63) is 0 Å². The monoisotopic (exact) mass is 201 g/mol. The van der Waals surface area contributed by atoms with Crippen LogP contribution in [0.1, 0.15) is 40.0 Å². The van der Waals surface area contributed by atoms with Gasteiger partial charge in [0.1, 0.15) is 0 Å². The SMILES string of the molecule is CCC(CCCN(CC)CC)C(=O)O. The van der Waals surface area contributed by atoms with Crippen molar-refractivity contribution in [2.45, 2.75) is 40.0 Å². The zero-order chi connectivity index (χ0) is 11.0. The summed E-state index contributed by atoms with van der Waals surface area (Å²) < 4.78 is 0. The summed E-state index contributed by atoms with van der Waals surface area (Å²) in [6, 6.07) is 0. The largest absolute Gasteiger partial charge is 0.481 e. The summed E-state index contributed by atoms with van der Waals surface area (Å²) in [6.45, 7) is 9.35. The third kappa shape index (κ3) is 5.22. The smallest absolute Gasteiger partial charge is 0.306 e. The molecule has 0 fully saturated rings. The van der Waals surface area contributed by atoms with Crippen LogP contribution in [0, 0.1) is 5.92 Å². The van der Waals surface area contributed by atoms with Crippen LogP contribution in [-0.4, -0.2) is 35.6 Å². The second-order valence-corrected chi connectivity index (χ2v) is 3.61. The van der Waals surface area contributed by atoms with E-state index in [-0.39, 0.29) is 5.92 Å². The van der Waals surface area contributed by atoms with Crippen LogP contribution in [0.15, 0.2) is 0 Å². The first-order valence-electron chi connectivity index (χ1n) is 5.60. The van der Waals surface area contributed by atoms with Crippen LogP contribution in [0.3, 0.4) is 0 Å². The Balaban J connectivity index is 3.65. The Kier molecular flexibility index (Phi) is 7.48. The van der Waals surface area contributed by atoms with E-state index >= 15 is 0 Å². The summed E-state index contributed by atoms with van der Waals surface area (Å²) in [6.07, 6.45) is 2.54. The van der Waals surface area contributed by atoms with E-state index in [1.54, 1.807) is 0 Å². The van der Waals surface area contributed by atoms with Gasteiger partial charge >= 0.3 is 5.97 Å². The highest BCUT2D eigenvalue weighted by Gasteiger charge is 2.14.